The third-order valence-electron chi connectivity index (χ3n) is 3.43. The molecule has 0 aliphatic carbocycles. The molecule has 0 fully saturated rings. The zero-order chi connectivity index (χ0) is 16.4. The van der Waals surface area contributed by atoms with Gasteiger partial charge in [0.05, 0.1) is 10.6 Å². The lowest BCUT2D eigenvalue weighted by Crippen LogP contribution is -2.37. The lowest BCUT2D eigenvalue weighted by molar-refractivity contribution is 0.0928. The van der Waals surface area contributed by atoms with E-state index in [0.717, 1.165) is 18.6 Å². The molecule has 1 aromatic rings. The van der Waals surface area contributed by atoms with E-state index < -0.39 is 26.6 Å². The Morgan fingerprint density at radius 1 is 1.43 bits per heavy atom. The molecule has 0 bridgehead atoms. The van der Waals surface area contributed by atoms with Crippen molar-refractivity contribution in [2.45, 2.75) is 38.1 Å². The van der Waals surface area contributed by atoms with Crippen LogP contribution in [0.3, 0.4) is 0 Å². The van der Waals surface area contributed by atoms with Crippen LogP contribution in [-0.4, -0.2) is 20.4 Å². The number of hydrogen-bond donors (Lipinski definition) is 2. The van der Waals surface area contributed by atoms with Gasteiger partial charge in [-0.3, -0.25) is 4.79 Å². The summed E-state index contributed by atoms with van der Waals surface area (Å²) in [5.74, 6) is -1.43. The fourth-order valence-electron chi connectivity index (χ4n) is 1.70. The Bertz CT molecular complexity index is 649. The molecule has 0 aromatic heterocycles. The van der Waals surface area contributed by atoms with Gasteiger partial charge in [-0.25, -0.2) is 17.9 Å². The van der Waals surface area contributed by atoms with Crippen LogP contribution in [0, 0.1) is 11.7 Å². The van der Waals surface area contributed by atoms with Crippen LogP contribution in [0.5, 0.6) is 0 Å². The Labute approximate surface area is 128 Å². The molecule has 2 unspecified atom stereocenters. The van der Waals surface area contributed by atoms with Crippen molar-refractivity contribution in [1.82, 2.24) is 5.32 Å². The highest BCUT2D eigenvalue weighted by Gasteiger charge is 2.22. The number of hydrogen-bond acceptors (Lipinski definition) is 3. The molecule has 1 aromatic carbocycles. The number of benzene rings is 1. The van der Waals surface area contributed by atoms with E-state index in [1.54, 1.807) is 0 Å². The monoisotopic (exact) mass is 336 g/mol. The molecule has 0 spiro atoms. The van der Waals surface area contributed by atoms with Gasteiger partial charge in [-0.15, -0.1) is 0 Å². The van der Waals surface area contributed by atoms with Gasteiger partial charge in [0, 0.05) is 6.04 Å². The molecule has 3 N–H and O–H groups in total. The van der Waals surface area contributed by atoms with Gasteiger partial charge < -0.3 is 5.32 Å². The molecule has 0 saturated heterocycles. The summed E-state index contributed by atoms with van der Waals surface area (Å²) in [6.45, 7) is 5.77. The standard InChI is InChI=1S/C13H18ClFN2O3S/c1-4-7(2)8(3)17-13(18)9-5-12(21(16,19)20)11(15)6-10(9)14/h5-8H,4H2,1-3H3,(H,17,18)(H2,16,19,20). The largest absolute Gasteiger partial charge is 0.349 e. The molecule has 0 saturated carbocycles. The van der Waals surface area contributed by atoms with Gasteiger partial charge in [-0.05, 0) is 25.0 Å². The first-order valence-electron chi connectivity index (χ1n) is 6.40. The first-order chi connectivity index (χ1) is 9.57. The number of amides is 1. The van der Waals surface area contributed by atoms with Crippen LogP contribution in [0.2, 0.25) is 5.02 Å². The zero-order valence-electron chi connectivity index (χ0n) is 12.0. The minimum atomic E-state index is -4.27. The van der Waals surface area contributed by atoms with Crippen LogP contribution in [0.1, 0.15) is 37.6 Å². The van der Waals surface area contributed by atoms with E-state index in [1.807, 2.05) is 20.8 Å². The molecule has 2 atom stereocenters. The number of primary sulfonamides is 1. The maximum Gasteiger partial charge on any atom is 0.253 e. The highest BCUT2D eigenvalue weighted by atomic mass is 35.5. The minimum Gasteiger partial charge on any atom is -0.349 e. The van der Waals surface area contributed by atoms with Gasteiger partial charge in [0.15, 0.2) is 0 Å². The maximum atomic E-state index is 13.6. The molecule has 0 radical (unpaired) electrons. The summed E-state index contributed by atoms with van der Waals surface area (Å²) in [5.41, 5.74) is -0.128. The summed E-state index contributed by atoms with van der Waals surface area (Å²) in [4.78, 5) is 11.4. The van der Waals surface area contributed by atoms with Crippen LogP contribution in [0.25, 0.3) is 0 Å². The fourth-order valence-corrected chi connectivity index (χ4v) is 2.55. The van der Waals surface area contributed by atoms with Crippen LogP contribution < -0.4 is 10.5 Å². The van der Waals surface area contributed by atoms with E-state index in [1.165, 1.54) is 0 Å². The molecule has 118 valence electrons. The average Bonchev–Trinajstić information content (AvgIpc) is 2.35. The van der Waals surface area contributed by atoms with E-state index in [2.05, 4.69) is 5.32 Å². The van der Waals surface area contributed by atoms with Gasteiger partial charge in [0.2, 0.25) is 10.0 Å². The number of halogens is 2. The Balaban J connectivity index is 3.16. The van der Waals surface area contributed by atoms with E-state index in [4.69, 9.17) is 16.7 Å². The number of sulfonamides is 1. The van der Waals surface area contributed by atoms with Crippen molar-refractivity contribution >= 4 is 27.5 Å². The number of nitrogens with one attached hydrogen (secondary N) is 1. The van der Waals surface area contributed by atoms with Crippen molar-refractivity contribution in [3.63, 3.8) is 0 Å². The average molecular weight is 337 g/mol. The molecular formula is C13H18ClFN2O3S. The highest BCUT2D eigenvalue weighted by Crippen LogP contribution is 2.23. The Morgan fingerprint density at radius 3 is 2.48 bits per heavy atom. The molecule has 0 heterocycles. The van der Waals surface area contributed by atoms with Crippen molar-refractivity contribution in [2.24, 2.45) is 11.1 Å². The molecular weight excluding hydrogens is 319 g/mol. The Morgan fingerprint density at radius 2 is 2.00 bits per heavy atom. The van der Waals surface area contributed by atoms with Gasteiger partial charge in [-0.1, -0.05) is 31.9 Å². The van der Waals surface area contributed by atoms with E-state index >= 15 is 0 Å². The second kappa shape index (κ2) is 6.72. The summed E-state index contributed by atoms with van der Waals surface area (Å²) >= 11 is 5.81. The lowest BCUT2D eigenvalue weighted by Gasteiger charge is -2.20. The SMILES string of the molecule is CCC(C)C(C)NC(=O)c1cc(S(N)(=O)=O)c(F)cc1Cl. The van der Waals surface area contributed by atoms with Crippen molar-refractivity contribution in [3.05, 3.63) is 28.5 Å². The predicted octanol–water partition coefficient (Wildman–Crippen LogP) is 2.29. The van der Waals surface area contributed by atoms with Crippen LogP contribution >= 0.6 is 11.6 Å². The minimum absolute atomic E-state index is 0.128. The first-order valence-corrected chi connectivity index (χ1v) is 8.33. The molecule has 1 amide bonds. The van der Waals surface area contributed by atoms with Gasteiger partial charge in [0.25, 0.3) is 5.91 Å². The number of nitrogens with two attached hydrogens (primary N) is 1. The lowest BCUT2D eigenvalue weighted by atomic mass is 10.0. The van der Waals surface area contributed by atoms with Crippen molar-refractivity contribution in [3.8, 4) is 0 Å². The molecule has 0 aliphatic heterocycles. The van der Waals surface area contributed by atoms with Gasteiger partial charge >= 0.3 is 0 Å². The third-order valence-corrected chi connectivity index (χ3v) is 4.67. The number of rotatable bonds is 5. The normalized spacial score (nSPS) is 14.6. The second-order valence-corrected chi connectivity index (χ2v) is 6.89. The number of carbonyl (C=O) groups is 1. The fraction of sp³-hybridized carbons (Fsp3) is 0.462. The highest BCUT2D eigenvalue weighted by molar-refractivity contribution is 7.89. The third kappa shape index (κ3) is 4.39. The van der Waals surface area contributed by atoms with E-state index in [9.17, 15) is 17.6 Å². The number of carbonyl (C=O) groups excluding carboxylic acids is 1. The summed E-state index contributed by atoms with van der Waals surface area (Å²) < 4.78 is 36.1. The second-order valence-electron chi connectivity index (χ2n) is 4.96. The van der Waals surface area contributed by atoms with Gasteiger partial charge in [-0.2, -0.15) is 0 Å². The summed E-state index contributed by atoms with van der Waals surface area (Å²) in [7, 11) is -4.27. The maximum absolute atomic E-state index is 13.6. The van der Waals surface area contributed by atoms with Crippen LogP contribution in [0.4, 0.5) is 4.39 Å². The summed E-state index contributed by atoms with van der Waals surface area (Å²) in [6.07, 6.45) is 0.862. The predicted molar refractivity (Wildman–Crippen MR) is 79.2 cm³/mol. The van der Waals surface area contributed by atoms with Crippen molar-refractivity contribution in [2.75, 3.05) is 0 Å². The topological polar surface area (TPSA) is 89.3 Å². The van der Waals surface area contributed by atoms with Crippen molar-refractivity contribution < 1.29 is 17.6 Å². The summed E-state index contributed by atoms with van der Waals surface area (Å²) in [5, 5.41) is 7.44. The van der Waals surface area contributed by atoms with Crippen LogP contribution in [-0.2, 0) is 10.0 Å². The van der Waals surface area contributed by atoms with E-state index in [0.29, 0.717) is 0 Å². The first kappa shape index (κ1) is 17.9. The smallest absolute Gasteiger partial charge is 0.253 e. The molecule has 1 rings (SSSR count). The van der Waals surface area contributed by atoms with Crippen molar-refractivity contribution in [1.29, 1.82) is 0 Å². The van der Waals surface area contributed by atoms with Crippen LogP contribution in [0.15, 0.2) is 17.0 Å². The quantitative estimate of drug-likeness (QED) is 0.864. The zero-order valence-corrected chi connectivity index (χ0v) is 13.6. The Kier molecular flexibility index (Phi) is 5.72. The molecule has 8 heteroatoms. The Hall–Kier alpha value is -1.18. The molecule has 5 nitrogen and oxygen atoms in total. The molecule has 21 heavy (non-hydrogen) atoms. The molecule has 0 aliphatic rings. The summed E-state index contributed by atoms with van der Waals surface area (Å²) in [6, 6.07) is 1.48. The van der Waals surface area contributed by atoms with E-state index in [-0.39, 0.29) is 22.5 Å². The van der Waals surface area contributed by atoms with Gasteiger partial charge in [0.1, 0.15) is 10.7 Å².